The normalized spacial score (nSPS) is 22.7. The van der Waals surface area contributed by atoms with Gasteiger partial charge in [-0.2, -0.15) is 0 Å². The van der Waals surface area contributed by atoms with Crippen LogP contribution in [0.25, 0.3) is 0 Å². The first-order valence-corrected chi connectivity index (χ1v) is 8.82. The Balaban J connectivity index is 2.23. The highest BCUT2D eigenvalue weighted by Crippen LogP contribution is 2.48. The lowest BCUT2D eigenvalue weighted by Gasteiger charge is -2.33. The summed E-state index contributed by atoms with van der Waals surface area (Å²) in [6.45, 7) is 1.89. The van der Waals surface area contributed by atoms with E-state index in [0.29, 0.717) is 14.5 Å². The van der Waals surface area contributed by atoms with Crippen molar-refractivity contribution in [3.05, 3.63) is 72.1 Å². The van der Waals surface area contributed by atoms with Crippen LogP contribution in [0.1, 0.15) is 27.6 Å². The van der Waals surface area contributed by atoms with Crippen molar-refractivity contribution < 1.29 is 14.5 Å². The van der Waals surface area contributed by atoms with Crippen LogP contribution in [0, 0.1) is 17.0 Å². The fourth-order valence-corrected chi connectivity index (χ4v) is 4.15. The monoisotopic (exact) mass is 473 g/mol. The number of alkyl halides is 1. The highest BCUT2D eigenvalue weighted by molar-refractivity contribution is 9.11. The van der Waals surface area contributed by atoms with E-state index in [4.69, 9.17) is 16.3 Å². The largest absolute Gasteiger partial charge is 0.474 e. The molecule has 5 nitrogen and oxygen atoms in total. The zero-order chi connectivity index (χ0) is 17.6. The van der Waals surface area contributed by atoms with E-state index in [1.807, 2.05) is 6.92 Å². The molecule has 1 aliphatic heterocycles. The number of nitrogens with zero attached hydrogens (tertiary/aromatic N) is 1. The van der Waals surface area contributed by atoms with Crippen molar-refractivity contribution in [1.29, 1.82) is 0 Å². The summed E-state index contributed by atoms with van der Waals surface area (Å²) >= 11 is 12.8. The van der Waals surface area contributed by atoms with Gasteiger partial charge in [0.25, 0.3) is 5.78 Å². The molecular formula is C16H10Br2ClNO4. The van der Waals surface area contributed by atoms with Crippen molar-refractivity contribution in [3.63, 3.8) is 0 Å². The maximum Gasteiger partial charge on any atom is 0.397 e. The number of carbonyl (C=O) groups excluding carboxylic acids is 1. The van der Waals surface area contributed by atoms with Crippen molar-refractivity contribution in [2.75, 3.05) is 0 Å². The fraction of sp³-hybridized carbons (Fsp3) is 0.188. The zero-order valence-corrected chi connectivity index (χ0v) is 16.2. The van der Waals surface area contributed by atoms with Gasteiger partial charge in [0.2, 0.25) is 6.10 Å². The predicted octanol–water partition coefficient (Wildman–Crippen LogP) is 5.05. The number of fused-ring (bicyclic) bond motifs is 1. The Morgan fingerprint density at radius 3 is 2.46 bits per heavy atom. The van der Waals surface area contributed by atoms with Crippen LogP contribution in [0.15, 0.2) is 45.3 Å². The molecule has 24 heavy (non-hydrogen) atoms. The third kappa shape index (κ3) is 2.64. The second-order valence-electron chi connectivity index (χ2n) is 5.43. The van der Waals surface area contributed by atoms with Crippen molar-refractivity contribution in [3.8, 4) is 5.75 Å². The van der Waals surface area contributed by atoms with Gasteiger partial charge in [-0.25, -0.2) is 0 Å². The first-order chi connectivity index (χ1) is 11.2. The van der Waals surface area contributed by atoms with E-state index in [0.717, 1.165) is 5.56 Å². The molecule has 0 aromatic heterocycles. The Hall–Kier alpha value is -1.44. The molecule has 0 amide bonds. The molecule has 0 spiro atoms. The van der Waals surface area contributed by atoms with Gasteiger partial charge in [0.05, 0.1) is 15.0 Å². The molecular weight excluding hydrogens is 465 g/mol. The highest BCUT2D eigenvalue weighted by Gasteiger charge is 2.62. The molecule has 2 aromatic carbocycles. The molecule has 0 fully saturated rings. The van der Waals surface area contributed by atoms with E-state index in [9.17, 15) is 14.9 Å². The van der Waals surface area contributed by atoms with Gasteiger partial charge in [-0.15, -0.1) is 0 Å². The van der Waals surface area contributed by atoms with Crippen LogP contribution in [0.3, 0.4) is 0 Å². The average Bonchev–Trinajstić information content (AvgIpc) is 2.52. The van der Waals surface area contributed by atoms with Crippen LogP contribution < -0.4 is 4.74 Å². The van der Waals surface area contributed by atoms with E-state index in [-0.39, 0.29) is 11.3 Å². The average molecular weight is 476 g/mol. The van der Waals surface area contributed by atoms with Crippen LogP contribution in [0.5, 0.6) is 5.75 Å². The number of rotatable bonds is 2. The third-order valence-corrected chi connectivity index (χ3v) is 5.36. The number of benzene rings is 2. The summed E-state index contributed by atoms with van der Waals surface area (Å²) in [5, 5.41) is 11.7. The van der Waals surface area contributed by atoms with Gasteiger partial charge < -0.3 is 4.74 Å². The third-order valence-electron chi connectivity index (χ3n) is 3.80. The van der Waals surface area contributed by atoms with E-state index in [1.54, 1.807) is 30.3 Å². The molecule has 2 aromatic rings. The number of ether oxygens (including phenoxy) is 1. The molecule has 8 heteroatoms. The van der Waals surface area contributed by atoms with Crippen molar-refractivity contribution >= 4 is 49.2 Å². The molecule has 0 aliphatic carbocycles. The van der Waals surface area contributed by atoms with Crippen LogP contribution in [-0.2, 0) is 0 Å². The summed E-state index contributed by atoms with van der Waals surface area (Å²) in [7, 11) is 0. The lowest BCUT2D eigenvalue weighted by molar-refractivity contribution is -0.536. The van der Waals surface area contributed by atoms with Crippen molar-refractivity contribution in [2.24, 2.45) is 0 Å². The van der Waals surface area contributed by atoms with Gasteiger partial charge >= 0.3 is 5.00 Å². The molecule has 1 aliphatic rings. The lowest BCUT2D eigenvalue weighted by atomic mass is 9.91. The topological polar surface area (TPSA) is 69.4 Å². The second kappa shape index (κ2) is 6.13. The Labute approximate surface area is 159 Å². The van der Waals surface area contributed by atoms with Crippen LogP contribution >= 0.6 is 43.5 Å². The van der Waals surface area contributed by atoms with Gasteiger partial charge in [-0.05, 0) is 46.6 Å². The number of hydrogen-bond acceptors (Lipinski definition) is 4. The van der Waals surface area contributed by atoms with E-state index >= 15 is 0 Å². The molecule has 0 N–H and O–H groups in total. The molecule has 3 rings (SSSR count). The zero-order valence-electron chi connectivity index (χ0n) is 12.3. The summed E-state index contributed by atoms with van der Waals surface area (Å²) in [6, 6.07) is 10.1. The van der Waals surface area contributed by atoms with Gasteiger partial charge in [0.15, 0.2) is 0 Å². The Morgan fingerprint density at radius 1 is 1.25 bits per heavy atom. The quantitative estimate of drug-likeness (QED) is 0.264. The lowest BCUT2D eigenvalue weighted by Crippen LogP contribution is -2.51. The van der Waals surface area contributed by atoms with Crippen LogP contribution in [0.4, 0.5) is 0 Å². The van der Waals surface area contributed by atoms with Crippen molar-refractivity contribution in [1.82, 2.24) is 0 Å². The highest BCUT2D eigenvalue weighted by atomic mass is 79.9. The standard InChI is InChI=1S/C16H10Br2ClNO4/c1-8-2-4-9(5-3-8)15-16(19,20(22)23)14(21)11-6-10(17)7-12(18)13(11)24-15/h2-7,15H,1H3. The maximum absolute atomic E-state index is 12.8. The molecule has 2 atom stereocenters. The maximum atomic E-state index is 12.8. The number of nitro groups is 1. The SMILES string of the molecule is Cc1ccc(C2Oc3c(Br)cc(Br)cc3C(=O)C2(Cl)[N+](=O)[O-])cc1. The Bertz CT molecular complexity index is 856. The number of Topliss-reactive ketones (excluding diaryl/α,β-unsaturated/α-hetero) is 1. The van der Waals surface area contributed by atoms with E-state index in [1.165, 1.54) is 6.07 Å². The smallest absolute Gasteiger partial charge is 0.397 e. The van der Waals surface area contributed by atoms with E-state index < -0.39 is 21.8 Å². The van der Waals surface area contributed by atoms with E-state index in [2.05, 4.69) is 31.9 Å². The van der Waals surface area contributed by atoms with Gasteiger partial charge in [-0.1, -0.05) is 45.8 Å². The predicted molar refractivity (Wildman–Crippen MR) is 96.3 cm³/mol. The number of carbonyl (C=O) groups is 1. The fourth-order valence-electron chi connectivity index (χ4n) is 2.56. The summed E-state index contributed by atoms with van der Waals surface area (Å²) in [4.78, 5) is 21.3. The molecule has 0 saturated carbocycles. The number of hydrogen-bond donors (Lipinski definition) is 0. The van der Waals surface area contributed by atoms with Crippen molar-refractivity contribution in [2.45, 2.75) is 18.0 Å². The minimum atomic E-state index is -2.43. The molecule has 0 bridgehead atoms. The van der Waals surface area contributed by atoms with Crippen LogP contribution in [0.2, 0.25) is 0 Å². The van der Waals surface area contributed by atoms with Gasteiger partial charge in [0.1, 0.15) is 5.75 Å². The molecule has 124 valence electrons. The summed E-state index contributed by atoms with van der Waals surface area (Å²) in [6.07, 6.45) is -1.24. The number of halogens is 3. The number of ketones is 1. The number of aryl methyl sites for hydroxylation is 1. The molecule has 0 radical (unpaired) electrons. The second-order valence-corrected chi connectivity index (χ2v) is 7.78. The van der Waals surface area contributed by atoms with Gasteiger partial charge in [0, 0.05) is 10.0 Å². The summed E-state index contributed by atoms with van der Waals surface area (Å²) in [5.41, 5.74) is 1.50. The Morgan fingerprint density at radius 2 is 1.88 bits per heavy atom. The molecule has 0 saturated heterocycles. The Kier molecular flexibility index (Phi) is 4.44. The van der Waals surface area contributed by atoms with Crippen LogP contribution in [-0.4, -0.2) is 15.7 Å². The minimum absolute atomic E-state index is 0.0614. The molecule has 1 heterocycles. The first kappa shape index (κ1) is 17.4. The molecule has 2 unspecified atom stereocenters. The summed E-state index contributed by atoms with van der Waals surface area (Å²) in [5.74, 6) is -0.560. The summed E-state index contributed by atoms with van der Waals surface area (Å²) < 4.78 is 6.93. The minimum Gasteiger partial charge on any atom is -0.474 e. The van der Waals surface area contributed by atoms with Gasteiger partial charge in [-0.3, -0.25) is 14.9 Å². The first-order valence-electron chi connectivity index (χ1n) is 6.85.